The molecule has 0 bridgehead atoms. The normalized spacial score (nSPS) is 17.5. The van der Waals surface area contributed by atoms with Crippen molar-refractivity contribution < 1.29 is 13.9 Å². The van der Waals surface area contributed by atoms with Gasteiger partial charge in [-0.1, -0.05) is 0 Å². The van der Waals surface area contributed by atoms with Crippen LogP contribution in [0.15, 0.2) is 15.6 Å². The second-order valence-corrected chi connectivity index (χ2v) is 4.87. The molecule has 1 aromatic rings. The highest BCUT2D eigenvalue weighted by atomic mass is 79.9. The number of nitrogens with zero attached hydrogens (tertiary/aromatic N) is 1. The number of rotatable bonds is 1. The van der Waals surface area contributed by atoms with E-state index in [4.69, 9.17) is 10.5 Å². The maximum Gasteiger partial charge on any atom is 0.315 e. The minimum absolute atomic E-state index is 0.00205. The van der Waals surface area contributed by atoms with E-state index in [9.17, 15) is 9.18 Å². The SMILES string of the molecule is Cc1c(N)c(Br)cc(F)c1C(=O)NC1=NNC(C)O1. The summed E-state index contributed by atoms with van der Waals surface area (Å²) in [5.41, 5.74) is 8.88. The lowest BCUT2D eigenvalue weighted by Gasteiger charge is -2.11. The van der Waals surface area contributed by atoms with Crippen LogP contribution in [-0.2, 0) is 4.74 Å². The van der Waals surface area contributed by atoms with Crippen molar-refractivity contribution in [2.75, 3.05) is 5.73 Å². The molecule has 1 heterocycles. The number of nitrogens with one attached hydrogen (secondary N) is 2. The first-order valence-electron chi connectivity index (χ1n) is 5.45. The molecule has 0 saturated carbocycles. The molecular weight excluding hydrogens is 319 g/mol. The smallest absolute Gasteiger partial charge is 0.315 e. The first-order valence-corrected chi connectivity index (χ1v) is 6.24. The number of ether oxygens (including phenoxy) is 1. The monoisotopic (exact) mass is 330 g/mol. The number of nitrogens with two attached hydrogens (primary N) is 1. The first kappa shape index (κ1) is 13.6. The summed E-state index contributed by atoms with van der Waals surface area (Å²) in [5, 5.41) is 6.10. The van der Waals surface area contributed by atoms with Gasteiger partial charge in [0.15, 0.2) is 6.23 Å². The number of amidine groups is 1. The molecule has 1 amide bonds. The van der Waals surface area contributed by atoms with Crippen molar-refractivity contribution in [3.8, 4) is 0 Å². The van der Waals surface area contributed by atoms with Gasteiger partial charge in [0.05, 0.1) is 5.56 Å². The molecule has 6 nitrogen and oxygen atoms in total. The number of carbonyl (C=O) groups is 1. The lowest BCUT2D eigenvalue weighted by atomic mass is 10.1. The zero-order valence-corrected chi connectivity index (χ0v) is 11.8. The van der Waals surface area contributed by atoms with Gasteiger partial charge >= 0.3 is 6.02 Å². The van der Waals surface area contributed by atoms with E-state index in [1.54, 1.807) is 13.8 Å². The second kappa shape index (κ2) is 5.04. The van der Waals surface area contributed by atoms with E-state index in [1.807, 2.05) is 0 Å². The maximum atomic E-state index is 13.8. The van der Waals surface area contributed by atoms with Crippen LogP contribution in [0.2, 0.25) is 0 Å². The van der Waals surface area contributed by atoms with Crippen LogP contribution in [0.25, 0.3) is 0 Å². The Hall–Kier alpha value is -1.83. The molecule has 4 N–H and O–H groups in total. The first-order chi connectivity index (χ1) is 8.90. The minimum Gasteiger partial charge on any atom is -0.439 e. The number of nitrogen functional groups attached to an aromatic ring is 1. The third kappa shape index (κ3) is 2.62. The number of hydrazone groups is 1. The zero-order chi connectivity index (χ0) is 14.2. The molecule has 0 fully saturated rings. The van der Waals surface area contributed by atoms with E-state index >= 15 is 0 Å². The Morgan fingerprint density at radius 2 is 2.37 bits per heavy atom. The van der Waals surface area contributed by atoms with E-state index in [2.05, 4.69) is 31.8 Å². The van der Waals surface area contributed by atoms with Crippen molar-refractivity contribution in [1.82, 2.24) is 10.7 Å². The van der Waals surface area contributed by atoms with Crippen LogP contribution in [0.1, 0.15) is 22.8 Å². The molecule has 0 spiro atoms. The van der Waals surface area contributed by atoms with Crippen molar-refractivity contribution in [3.63, 3.8) is 0 Å². The Morgan fingerprint density at radius 3 is 2.95 bits per heavy atom. The fourth-order valence-corrected chi connectivity index (χ4v) is 2.12. The van der Waals surface area contributed by atoms with Crippen molar-refractivity contribution in [3.05, 3.63) is 27.5 Å². The molecule has 0 aliphatic carbocycles. The molecule has 2 rings (SSSR count). The van der Waals surface area contributed by atoms with E-state index in [0.29, 0.717) is 15.7 Å². The van der Waals surface area contributed by atoms with Gasteiger partial charge in [0, 0.05) is 10.2 Å². The summed E-state index contributed by atoms with van der Waals surface area (Å²) >= 11 is 3.12. The van der Waals surface area contributed by atoms with Gasteiger partial charge in [0.25, 0.3) is 5.91 Å². The minimum atomic E-state index is -0.671. The van der Waals surface area contributed by atoms with Gasteiger partial charge in [0.2, 0.25) is 0 Å². The molecule has 102 valence electrons. The lowest BCUT2D eigenvalue weighted by Crippen LogP contribution is -2.33. The van der Waals surface area contributed by atoms with Crippen molar-refractivity contribution in [2.24, 2.45) is 5.10 Å². The Kier molecular flexibility index (Phi) is 3.61. The predicted octanol–water partition coefficient (Wildman–Crippen LogP) is 1.45. The quantitative estimate of drug-likeness (QED) is 0.680. The topological polar surface area (TPSA) is 88.7 Å². The number of benzene rings is 1. The van der Waals surface area contributed by atoms with Crippen LogP contribution < -0.4 is 16.5 Å². The number of anilines is 1. The number of hydrogen-bond donors (Lipinski definition) is 3. The molecule has 19 heavy (non-hydrogen) atoms. The molecule has 0 aromatic heterocycles. The number of hydrogen-bond acceptors (Lipinski definition) is 5. The summed E-state index contributed by atoms with van der Waals surface area (Å²) in [7, 11) is 0. The van der Waals surface area contributed by atoms with Gasteiger partial charge < -0.3 is 10.5 Å². The van der Waals surface area contributed by atoms with Gasteiger partial charge in [-0.25, -0.2) is 4.39 Å². The largest absolute Gasteiger partial charge is 0.439 e. The summed E-state index contributed by atoms with van der Waals surface area (Å²) in [4.78, 5) is 12.0. The summed E-state index contributed by atoms with van der Waals surface area (Å²) in [6, 6.07) is 1.15. The van der Waals surface area contributed by atoms with Crippen LogP contribution in [-0.4, -0.2) is 18.2 Å². The molecule has 0 saturated heterocycles. The Labute approximate surface area is 117 Å². The Morgan fingerprint density at radius 1 is 1.68 bits per heavy atom. The molecule has 1 atom stereocenters. The number of halogens is 2. The van der Waals surface area contributed by atoms with Gasteiger partial charge in [-0.15, -0.1) is 5.10 Å². The highest BCUT2D eigenvalue weighted by Gasteiger charge is 2.23. The average Bonchev–Trinajstić information content (AvgIpc) is 2.72. The average molecular weight is 331 g/mol. The van der Waals surface area contributed by atoms with Crippen LogP contribution in [0.3, 0.4) is 0 Å². The standard InChI is InChI=1S/C11H12BrFN4O2/c1-4-8(7(13)3-6(12)9(4)14)10(18)15-11-17-16-5(2)19-11/h3,5,16H,14H2,1-2H3,(H,15,17,18). The Bertz CT molecular complexity index is 576. The van der Waals surface area contributed by atoms with Crippen molar-refractivity contribution in [1.29, 1.82) is 0 Å². The molecule has 0 radical (unpaired) electrons. The van der Waals surface area contributed by atoms with Crippen LogP contribution in [0, 0.1) is 12.7 Å². The van der Waals surface area contributed by atoms with Gasteiger partial charge in [-0.2, -0.15) is 0 Å². The number of amides is 1. The van der Waals surface area contributed by atoms with E-state index < -0.39 is 11.7 Å². The van der Waals surface area contributed by atoms with Gasteiger partial charge in [-0.3, -0.25) is 15.5 Å². The fourth-order valence-electron chi connectivity index (χ4n) is 1.62. The summed E-state index contributed by atoms with van der Waals surface area (Å²) in [5.74, 6) is -1.33. The Balaban J connectivity index is 2.27. The van der Waals surface area contributed by atoms with Gasteiger partial charge in [-0.05, 0) is 41.4 Å². The summed E-state index contributed by atoms with van der Waals surface area (Å²) in [6.07, 6.45) is -0.337. The van der Waals surface area contributed by atoms with Crippen LogP contribution in [0.5, 0.6) is 0 Å². The van der Waals surface area contributed by atoms with E-state index in [0.717, 1.165) is 6.07 Å². The van der Waals surface area contributed by atoms with E-state index in [1.165, 1.54) is 0 Å². The highest BCUT2D eigenvalue weighted by Crippen LogP contribution is 2.28. The maximum absolute atomic E-state index is 13.8. The van der Waals surface area contributed by atoms with Crippen molar-refractivity contribution >= 4 is 33.5 Å². The molecule has 1 unspecified atom stereocenters. The third-order valence-corrected chi connectivity index (χ3v) is 3.27. The third-order valence-electron chi connectivity index (χ3n) is 2.61. The number of carbonyl (C=O) groups excluding carboxylic acids is 1. The predicted molar refractivity (Wildman–Crippen MR) is 71.8 cm³/mol. The molecule has 1 aliphatic rings. The molecular formula is C11H12BrFN4O2. The highest BCUT2D eigenvalue weighted by molar-refractivity contribution is 9.10. The molecule has 1 aliphatic heterocycles. The van der Waals surface area contributed by atoms with Crippen molar-refractivity contribution in [2.45, 2.75) is 20.1 Å². The van der Waals surface area contributed by atoms with Crippen LogP contribution >= 0.6 is 15.9 Å². The van der Waals surface area contributed by atoms with Gasteiger partial charge in [0.1, 0.15) is 5.82 Å². The lowest BCUT2D eigenvalue weighted by molar-refractivity contribution is 0.0957. The molecule has 8 heteroatoms. The van der Waals surface area contributed by atoms with E-state index in [-0.39, 0.29) is 17.8 Å². The fraction of sp³-hybridized carbons (Fsp3) is 0.273. The zero-order valence-electron chi connectivity index (χ0n) is 10.3. The molecule has 1 aromatic carbocycles. The summed E-state index contributed by atoms with van der Waals surface area (Å²) < 4.78 is 19.4. The second-order valence-electron chi connectivity index (χ2n) is 4.01. The summed E-state index contributed by atoms with van der Waals surface area (Å²) in [6.45, 7) is 3.28. The van der Waals surface area contributed by atoms with Crippen LogP contribution in [0.4, 0.5) is 10.1 Å².